The first-order valence-electron chi connectivity index (χ1n) is 11.3. The van der Waals surface area contributed by atoms with Crippen molar-refractivity contribution in [3.8, 4) is 28.4 Å². The molecule has 0 fully saturated rings. The average Bonchev–Trinajstić information content (AvgIpc) is 3.22. The summed E-state index contributed by atoms with van der Waals surface area (Å²) in [5.74, 6) is 1.29. The number of ketones is 1. The molecule has 0 unspecified atom stereocenters. The molecular weight excluding hydrogens is 647 g/mol. The van der Waals surface area contributed by atoms with Crippen molar-refractivity contribution >= 4 is 27.7 Å². The van der Waals surface area contributed by atoms with Crippen LogP contribution >= 0.6 is 0 Å². The predicted molar refractivity (Wildman–Crippen MR) is 141 cm³/mol. The molecule has 7 nitrogen and oxygen atoms in total. The smallest absolute Gasteiger partial charge is 0.155 e. The number of aliphatic hydroxyl groups excluding tert-OH is 1. The quantitative estimate of drug-likeness (QED) is 0.138. The van der Waals surface area contributed by atoms with Crippen LogP contribution in [0.25, 0.3) is 38.9 Å². The largest absolute Gasteiger partial charge is 0.540 e. The molecule has 3 heterocycles. The molecule has 0 spiro atoms. The molecule has 1 radical (unpaired) electrons. The van der Waals surface area contributed by atoms with Crippen molar-refractivity contribution in [1.29, 1.82) is 0 Å². The first-order chi connectivity index (χ1) is 17.4. The SMILES string of the molecule is CC(=O)/C=C(/C)O.COc1c[c-]c(-c2cc(-n3c4ccccc4c4ncccc43)ccn2)c(OC)c1.[Ir]. The number of benzene rings is 2. The number of methoxy groups -OCH3 is 2. The van der Waals surface area contributed by atoms with Crippen molar-refractivity contribution in [2.24, 2.45) is 0 Å². The van der Waals surface area contributed by atoms with Crippen LogP contribution in [0.2, 0.25) is 0 Å². The van der Waals surface area contributed by atoms with E-state index in [2.05, 4.69) is 38.8 Å². The first kappa shape index (κ1) is 27.6. The standard InChI is InChI=1S/C24H18N3O2.C5H8O2.Ir/c1-28-17-9-10-18(23(15-17)29-2)20-14-16(11-13-25-20)27-21-7-4-3-6-19(21)24-22(27)8-5-12-26-24;1-4(6)3-5(2)7;/h3-9,11-15H,1-2H3;3,6H,1-2H3;/q-1;;/b;4-3-;. The zero-order valence-corrected chi connectivity index (χ0v) is 23.2. The Kier molecular flexibility index (Phi) is 9.17. The molecular formula is C29H26IrN3O4-. The minimum absolute atomic E-state index is 0. The van der Waals surface area contributed by atoms with Gasteiger partial charge in [-0.25, -0.2) is 0 Å². The molecule has 0 aliphatic carbocycles. The Balaban J connectivity index is 0.000000422. The number of nitrogens with zero attached hydrogens (tertiary/aromatic N) is 3. The van der Waals surface area contributed by atoms with Gasteiger partial charge in [-0.15, -0.1) is 12.1 Å². The molecule has 8 heteroatoms. The molecule has 0 saturated heterocycles. The van der Waals surface area contributed by atoms with Crippen LogP contribution in [0.1, 0.15) is 13.8 Å². The molecule has 0 aliphatic rings. The van der Waals surface area contributed by atoms with E-state index in [1.165, 1.54) is 19.9 Å². The number of fused-ring (bicyclic) bond motifs is 3. The molecule has 0 aliphatic heterocycles. The zero-order valence-electron chi connectivity index (χ0n) is 20.9. The fourth-order valence-electron chi connectivity index (χ4n) is 3.99. The molecule has 2 aromatic carbocycles. The number of aromatic nitrogens is 3. The summed E-state index contributed by atoms with van der Waals surface area (Å²) in [6, 6.07) is 23.2. The van der Waals surface area contributed by atoms with E-state index in [-0.39, 0.29) is 31.6 Å². The van der Waals surface area contributed by atoms with Gasteiger partial charge in [0.1, 0.15) is 0 Å². The summed E-state index contributed by atoms with van der Waals surface area (Å²) in [4.78, 5) is 19.2. The molecule has 1 N–H and O–H groups in total. The van der Waals surface area contributed by atoms with Crippen LogP contribution in [-0.2, 0) is 24.9 Å². The molecule has 0 bridgehead atoms. The minimum Gasteiger partial charge on any atom is -0.540 e. The fourth-order valence-corrected chi connectivity index (χ4v) is 3.99. The van der Waals surface area contributed by atoms with Gasteiger partial charge in [-0.2, -0.15) is 0 Å². The molecule has 5 rings (SSSR count). The van der Waals surface area contributed by atoms with Gasteiger partial charge in [0, 0.05) is 61.1 Å². The fraction of sp³-hybridized carbons (Fsp3) is 0.138. The Hall–Kier alpha value is -4.00. The second kappa shape index (κ2) is 12.3. The number of pyridine rings is 2. The van der Waals surface area contributed by atoms with Gasteiger partial charge < -0.3 is 24.1 Å². The summed E-state index contributed by atoms with van der Waals surface area (Å²) in [6.45, 7) is 2.85. The normalized spacial score (nSPS) is 10.9. The van der Waals surface area contributed by atoms with Crippen molar-refractivity contribution in [1.82, 2.24) is 14.5 Å². The van der Waals surface area contributed by atoms with Gasteiger partial charge in [0.05, 0.1) is 36.5 Å². The van der Waals surface area contributed by atoms with E-state index in [0.717, 1.165) is 38.9 Å². The van der Waals surface area contributed by atoms with Gasteiger partial charge in [-0.1, -0.05) is 35.9 Å². The van der Waals surface area contributed by atoms with E-state index in [9.17, 15) is 4.79 Å². The van der Waals surface area contributed by atoms with Crippen molar-refractivity contribution < 1.29 is 39.5 Å². The number of rotatable bonds is 5. The van der Waals surface area contributed by atoms with E-state index in [1.807, 2.05) is 42.6 Å². The van der Waals surface area contributed by atoms with E-state index < -0.39 is 0 Å². The Bertz CT molecular complexity index is 1520. The summed E-state index contributed by atoms with van der Waals surface area (Å²) in [5, 5.41) is 9.48. The van der Waals surface area contributed by atoms with Crippen LogP contribution in [0.4, 0.5) is 0 Å². The molecule has 191 valence electrons. The number of carbonyl (C=O) groups excluding carboxylic acids is 1. The molecule has 5 aromatic rings. The van der Waals surface area contributed by atoms with Gasteiger partial charge in [0.15, 0.2) is 5.78 Å². The number of allylic oxidation sites excluding steroid dienone is 2. The van der Waals surface area contributed by atoms with Gasteiger partial charge in [-0.3, -0.25) is 9.78 Å². The molecule has 0 atom stereocenters. The van der Waals surface area contributed by atoms with E-state index in [0.29, 0.717) is 11.5 Å². The van der Waals surface area contributed by atoms with Crippen molar-refractivity contribution in [3.63, 3.8) is 0 Å². The van der Waals surface area contributed by atoms with Crippen LogP contribution in [-0.4, -0.2) is 39.6 Å². The molecule has 0 amide bonds. The number of para-hydroxylation sites is 1. The number of hydrogen-bond acceptors (Lipinski definition) is 6. The molecule has 37 heavy (non-hydrogen) atoms. The monoisotopic (exact) mass is 673 g/mol. The Labute approximate surface area is 228 Å². The van der Waals surface area contributed by atoms with E-state index >= 15 is 0 Å². The first-order valence-corrected chi connectivity index (χ1v) is 11.3. The average molecular weight is 673 g/mol. The predicted octanol–water partition coefficient (Wildman–Crippen LogP) is 6.09. The van der Waals surface area contributed by atoms with Gasteiger partial charge in [-0.05, 0) is 43.8 Å². The van der Waals surface area contributed by atoms with Crippen LogP contribution in [0.3, 0.4) is 0 Å². The number of carbonyl (C=O) groups is 1. The number of hydrogen-bond donors (Lipinski definition) is 1. The van der Waals surface area contributed by atoms with Gasteiger partial charge >= 0.3 is 0 Å². The van der Waals surface area contributed by atoms with Gasteiger partial charge in [0.25, 0.3) is 0 Å². The Morgan fingerprint density at radius 2 is 1.73 bits per heavy atom. The number of ether oxygens (including phenoxy) is 2. The van der Waals surface area contributed by atoms with E-state index in [4.69, 9.17) is 14.6 Å². The second-order valence-corrected chi connectivity index (χ2v) is 8.00. The van der Waals surface area contributed by atoms with E-state index in [1.54, 1.807) is 26.5 Å². The van der Waals surface area contributed by atoms with Crippen LogP contribution in [0, 0.1) is 6.07 Å². The summed E-state index contributed by atoms with van der Waals surface area (Å²) in [6.07, 6.45) is 4.80. The maximum Gasteiger partial charge on any atom is 0.155 e. The van der Waals surface area contributed by atoms with Crippen LogP contribution < -0.4 is 9.47 Å². The summed E-state index contributed by atoms with van der Waals surface area (Å²) >= 11 is 0. The third kappa shape index (κ3) is 6.05. The zero-order chi connectivity index (χ0) is 25.7. The van der Waals surface area contributed by atoms with Crippen LogP contribution in [0.5, 0.6) is 11.5 Å². The summed E-state index contributed by atoms with van der Waals surface area (Å²) in [7, 11) is 3.26. The topological polar surface area (TPSA) is 86.5 Å². The van der Waals surface area contributed by atoms with Crippen molar-refractivity contribution in [2.75, 3.05) is 14.2 Å². The minimum atomic E-state index is -0.125. The van der Waals surface area contributed by atoms with Crippen LogP contribution in [0.15, 0.2) is 84.9 Å². The summed E-state index contributed by atoms with van der Waals surface area (Å²) < 4.78 is 13.0. The van der Waals surface area contributed by atoms with Gasteiger partial charge in [0.2, 0.25) is 0 Å². The summed E-state index contributed by atoms with van der Waals surface area (Å²) in [5.41, 5.74) is 5.70. The maximum absolute atomic E-state index is 10.0. The maximum atomic E-state index is 10.0. The van der Waals surface area contributed by atoms with Crippen molar-refractivity contribution in [3.05, 3.63) is 91.0 Å². The number of aliphatic hydroxyl groups is 1. The Morgan fingerprint density at radius 3 is 2.41 bits per heavy atom. The Morgan fingerprint density at radius 1 is 0.973 bits per heavy atom. The molecule has 0 saturated carbocycles. The second-order valence-electron chi connectivity index (χ2n) is 8.00. The van der Waals surface area contributed by atoms with Crippen molar-refractivity contribution in [2.45, 2.75) is 13.8 Å². The third-order valence-electron chi connectivity index (χ3n) is 5.43. The molecule has 3 aromatic heterocycles. The third-order valence-corrected chi connectivity index (χ3v) is 5.43.